The number of amides is 1. The number of nitro benzene ring substituents is 1. The monoisotopic (exact) mass is 317 g/mol. The van der Waals surface area contributed by atoms with E-state index in [1.54, 1.807) is 37.3 Å². The molecule has 0 aliphatic rings. The molecule has 0 aliphatic carbocycles. The zero-order valence-electron chi connectivity index (χ0n) is 12.5. The highest BCUT2D eigenvalue weighted by Crippen LogP contribution is 2.23. The summed E-state index contributed by atoms with van der Waals surface area (Å²) in [6, 6.07) is 10.6. The van der Waals surface area contributed by atoms with Gasteiger partial charge in [0.05, 0.1) is 10.6 Å². The Kier molecular flexibility index (Phi) is 5.24. The Balaban J connectivity index is 1.90. The minimum Gasteiger partial charge on any atom is -0.379 e. The fraction of sp³-hybridized carbons (Fsp3) is 0.188. The maximum atomic E-state index is 13.6. The second-order valence-electron chi connectivity index (χ2n) is 4.98. The molecule has 0 atom stereocenters. The molecule has 7 heteroatoms. The molecule has 0 aromatic heterocycles. The van der Waals surface area contributed by atoms with E-state index in [0.717, 1.165) is 5.56 Å². The molecule has 0 unspecified atom stereocenters. The third kappa shape index (κ3) is 4.50. The number of carbonyl (C=O) groups excluding carboxylic acids is 1. The molecule has 0 heterocycles. The quantitative estimate of drug-likeness (QED) is 0.631. The molecule has 0 spiro atoms. The Bertz CT molecular complexity index is 734. The van der Waals surface area contributed by atoms with Crippen molar-refractivity contribution in [2.24, 2.45) is 0 Å². The van der Waals surface area contributed by atoms with E-state index in [1.807, 2.05) is 0 Å². The molecule has 0 saturated carbocycles. The zero-order chi connectivity index (χ0) is 16.8. The van der Waals surface area contributed by atoms with Gasteiger partial charge in [-0.15, -0.1) is 0 Å². The van der Waals surface area contributed by atoms with Crippen molar-refractivity contribution in [2.75, 3.05) is 17.2 Å². The highest BCUT2D eigenvalue weighted by molar-refractivity contribution is 5.91. The number of carbonyl (C=O) groups is 1. The minimum absolute atomic E-state index is 0.0550. The van der Waals surface area contributed by atoms with Crippen LogP contribution in [-0.2, 0) is 4.79 Å². The third-order valence-electron chi connectivity index (χ3n) is 3.16. The van der Waals surface area contributed by atoms with Crippen molar-refractivity contribution < 1.29 is 14.1 Å². The lowest BCUT2D eigenvalue weighted by Gasteiger charge is -2.09. The zero-order valence-corrected chi connectivity index (χ0v) is 12.5. The predicted octanol–water partition coefficient (Wildman–Crippen LogP) is 3.48. The lowest BCUT2D eigenvalue weighted by atomic mass is 10.2. The average molecular weight is 317 g/mol. The van der Waals surface area contributed by atoms with Crippen LogP contribution in [0.3, 0.4) is 0 Å². The third-order valence-corrected chi connectivity index (χ3v) is 3.16. The molecule has 2 aromatic carbocycles. The van der Waals surface area contributed by atoms with Gasteiger partial charge >= 0.3 is 0 Å². The topological polar surface area (TPSA) is 84.3 Å². The van der Waals surface area contributed by atoms with Crippen molar-refractivity contribution in [3.8, 4) is 0 Å². The fourth-order valence-electron chi connectivity index (χ4n) is 2.04. The van der Waals surface area contributed by atoms with Gasteiger partial charge in [0.15, 0.2) is 0 Å². The summed E-state index contributed by atoms with van der Waals surface area (Å²) in [6.07, 6.45) is 0.0550. The van der Waals surface area contributed by atoms with Gasteiger partial charge in [0.2, 0.25) is 5.91 Å². The van der Waals surface area contributed by atoms with Crippen LogP contribution in [0.2, 0.25) is 0 Å². The molecule has 1 amide bonds. The first-order valence-electron chi connectivity index (χ1n) is 7.00. The number of anilines is 2. The number of hydrogen-bond donors (Lipinski definition) is 2. The number of para-hydroxylation sites is 2. The molecule has 120 valence electrons. The van der Waals surface area contributed by atoms with E-state index in [4.69, 9.17) is 0 Å². The maximum Gasteiger partial charge on any atom is 0.292 e. The molecule has 2 aromatic rings. The molecule has 2 N–H and O–H groups in total. The smallest absolute Gasteiger partial charge is 0.292 e. The second-order valence-corrected chi connectivity index (χ2v) is 4.98. The van der Waals surface area contributed by atoms with Crippen molar-refractivity contribution in [1.82, 2.24) is 0 Å². The average Bonchev–Trinajstić information content (AvgIpc) is 2.51. The summed E-state index contributed by atoms with van der Waals surface area (Å²) in [5.74, 6) is -0.879. The number of nitrogens with one attached hydrogen (secondary N) is 2. The van der Waals surface area contributed by atoms with E-state index < -0.39 is 10.7 Å². The van der Waals surface area contributed by atoms with Crippen molar-refractivity contribution in [3.05, 3.63) is 64.0 Å². The number of nitrogens with zero attached hydrogens (tertiary/aromatic N) is 1. The Morgan fingerprint density at radius 3 is 2.70 bits per heavy atom. The summed E-state index contributed by atoms with van der Waals surface area (Å²) < 4.78 is 13.6. The highest BCUT2D eigenvalue weighted by atomic mass is 19.1. The highest BCUT2D eigenvalue weighted by Gasteiger charge is 2.12. The van der Waals surface area contributed by atoms with Gasteiger partial charge in [0, 0.05) is 19.0 Å². The van der Waals surface area contributed by atoms with Gasteiger partial charge in [-0.3, -0.25) is 14.9 Å². The van der Waals surface area contributed by atoms with Crippen molar-refractivity contribution in [3.63, 3.8) is 0 Å². The summed E-state index contributed by atoms with van der Waals surface area (Å²) in [5.41, 5.74) is 1.24. The Hall–Kier alpha value is -2.96. The van der Waals surface area contributed by atoms with Crippen molar-refractivity contribution >= 4 is 23.0 Å². The Morgan fingerprint density at radius 1 is 1.22 bits per heavy atom. The van der Waals surface area contributed by atoms with Crippen LogP contribution in [0, 0.1) is 22.9 Å². The number of rotatable bonds is 6. The fourth-order valence-corrected chi connectivity index (χ4v) is 2.04. The van der Waals surface area contributed by atoms with Gasteiger partial charge in [-0.05, 0) is 30.7 Å². The second kappa shape index (κ2) is 7.35. The number of aryl methyl sites for hydroxylation is 1. The molecule has 6 nitrogen and oxygen atoms in total. The summed E-state index contributed by atoms with van der Waals surface area (Å²) in [6.45, 7) is 2.00. The number of benzene rings is 2. The lowest BCUT2D eigenvalue weighted by molar-refractivity contribution is -0.384. The van der Waals surface area contributed by atoms with Crippen LogP contribution in [0.1, 0.15) is 12.0 Å². The number of hydrogen-bond acceptors (Lipinski definition) is 4. The first-order valence-corrected chi connectivity index (χ1v) is 7.00. The Morgan fingerprint density at radius 2 is 1.96 bits per heavy atom. The SMILES string of the molecule is Cc1ccc(F)c(NC(=O)CCNc2ccccc2[N+](=O)[O-])c1. The summed E-state index contributed by atoms with van der Waals surface area (Å²) in [4.78, 5) is 22.2. The van der Waals surface area contributed by atoms with Gasteiger partial charge in [0.25, 0.3) is 5.69 Å². The first kappa shape index (κ1) is 16.4. The number of nitro groups is 1. The molecule has 23 heavy (non-hydrogen) atoms. The molecule has 0 bridgehead atoms. The maximum absolute atomic E-state index is 13.6. The molecule has 0 saturated heterocycles. The predicted molar refractivity (Wildman–Crippen MR) is 86.0 cm³/mol. The summed E-state index contributed by atoms with van der Waals surface area (Å²) in [7, 11) is 0. The van der Waals surface area contributed by atoms with Gasteiger partial charge in [0.1, 0.15) is 11.5 Å². The van der Waals surface area contributed by atoms with E-state index in [-0.39, 0.29) is 30.2 Å². The van der Waals surface area contributed by atoms with Gasteiger partial charge in [-0.1, -0.05) is 18.2 Å². The van der Waals surface area contributed by atoms with Gasteiger partial charge < -0.3 is 10.6 Å². The first-order chi connectivity index (χ1) is 11.0. The van der Waals surface area contributed by atoms with E-state index in [2.05, 4.69) is 10.6 Å². The van der Waals surface area contributed by atoms with Crippen LogP contribution in [0.5, 0.6) is 0 Å². The number of halogens is 1. The lowest BCUT2D eigenvalue weighted by Crippen LogP contribution is -2.17. The minimum atomic E-state index is -0.504. The molecule has 0 radical (unpaired) electrons. The van der Waals surface area contributed by atoms with Crippen LogP contribution in [0.15, 0.2) is 42.5 Å². The van der Waals surface area contributed by atoms with Crippen LogP contribution in [0.25, 0.3) is 0 Å². The normalized spacial score (nSPS) is 10.2. The van der Waals surface area contributed by atoms with E-state index in [0.29, 0.717) is 5.69 Å². The van der Waals surface area contributed by atoms with E-state index >= 15 is 0 Å². The van der Waals surface area contributed by atoms with Crippen LogP contribution in [0.4, 0.5) is 21.5 Å². The van der Waals surface area contributed by atoms with E-state index in [9.17, 15) is 19.3 Å². The molecular weight excluding hydrogens is 301 g/mol. The van der Waals surface area contributed by atoms with Gasteiger partial charge in [-0.25, -0.2) is 4.39 Å². The van der Waals surface area contributed by atoms with Crippen LogP contribution >= 0.6 is 0 Å². The van der Waals surface area contributed by atoms with E-state index in [1.165, 1.54) is 12.1 Å². The van der Waals surface area contributed by atoms with Crippen LogP contribution in [-0.4, -0.2) is 17.4 Å². The standard InChI is InChI=1S/C16H16FN3O3/c1-11-6-7-12(17)14(10-11)19-16(21)8-9-18-13-4-2-3-5-15(13)20(22)23/h2-7,10,18H,8-9H2,1H3,(H,19,21). The van der Waals surface area contributed by atoms with Crippen molar-refractivity contribution in [1.29, 1.82) is 0 Å². The van der Waals surface area contributed by atoms with Crippen LogP contribution < -0.4 is 10.6 Å². The van der Waals surface area contributed by atoms with Gasteiger partial charge in [-0.2, -0.15) is 0 Å². The molecule has 2 rings (SSSR count). The largest absolute Gasteiger partial charge is 0.379 e. The van der Waals surface area contributed by atoms with Crippen molar-refractivity contribution in [2.45, 2.75) is 13.3 Å². The molecular formula is C16H16FN3O3. The Labute approximate surface area is 132 Å². The summed E-state index contributed by atoms with van der Waals surface area (Å²) >= 11 is 0. The summed E-state index contributed by atoms with van der Waals surface area (Å²) in [5, 5.41) is 16.2. The molecule has 0 aliphatic heterocycles. The molecule has 0 fully saturated rings.